The smallest absolute Gasteiger partial charge is 0.430 e. The van der Waals surface area contributed by atoms with E-state index < -0.39 is 54.6 Å². The molecule has 1 saturated carbocycles. The molecule has 1 aliphatic carbocycles. The van der Waals surface area contributed by atoms with E-state index in [2.05, 4.69) is 9.47 Å². The maximum Gasteiger partial charge on any atom is 0.430 e. The molecule has 0 aliphatic heterocycles. The van der Waals surface area contributed by atoms with Gasteiger partial charge in [-0.1, -0.05) is 6.92 Å². The molecule has 10 heteroatoms. The Morgan fingerprint density at radius 3 is 1.81 bits per heavy atom. The standard InChI is InChI=1S/C16H24F6O4/c1-5-12(2,3)11(23)26-13(8-6-7-9-13)14(15(17,18)19,16(20,21)22)25-10-24-4/h5-10H2,1-4H3. The first kappa shape index (κ1) is 23.0. The number of halogens is 6. The number of methoxy groups -OCH3 is 1. The van der Waals surface area contributed by atoms with E-state index in [1.54, 1.807) is 6.92 Å². The highest BCUT2D eigenvalue weighted by Crippen LogP contribution is 2.58. The fourth-order valence-corrected chi connectivity index (χ4v) is 3.05. The minimum atomic E-state index is -5.87. The third kappa shape index (κ3) is 3.81. The molecule has 1 aliphatic rings. The molecular weight excluding hydrogens is 370 g/mol. The van der Waals surface area contributed by atoms with Crippen LogP contribution >= 0.6 is 0 Å². The molecule has 26 heavy (non-hydrogen) atoms. The van der Waals surface area contributed by atoms with Crippen LogP contribution in [0.3, 0.4) is 0 Å². The summed E-state index contributed by atoms with van der Waals surface area (Å²) in [5.41, 5.74) is -8.80. The second-order valence-corrected chi connectivity index (χ2v) is 7.06. The van der Waals surface area contributed by atoms with Crippen molar-refractivity contribution in [2.24, 2.45) is 5.41 Å². The van der Waals surface area contributed by atoms with Crippen molar-refractivity contribution in [1.29, 1.82) is 0 Å². The van der Waals surface area contributed by atoms with E-state index >= 15 is 0 Å². The Morgan fingerprint density at radius 2 is 1.46 bits per heavy atom. The number of carbonyl (C=O) groups excluding carboxylic acids is 1. The SMILES string of the molecule is CCC(C)(C)C(=O)OC1(C(OCOC)(C(F)(F)F)C(F)(F)F)CCCC1. The number of esters is 1. The van der Waals surface area contributed by atoms with Crippen LogP contribution in [0.15, 0.2) is 0 Å². The van der Waals surface area contributed by atoms with E-state index in [1.165, 1.54) is 13.8 Å². The van der Waals surface area contributed by atoms with Gasteiger partial charge in [-0.25, -0.2) is 0 Å². The topological polar surface area (TPSA) is 44.8 Å². The molecule has 4 nitrogen and oxygen atoms in total. The lowest BCUT2D eigenvalue weighted by molar-refractivity contribution is -0.433. The Balaban J connectivity index is 3.57. The Bertz CT molecular complexity index is 478. The van der Waals surface area contributed by atoms with Crippen molar-refractivity contribution in [3.8, 4) is 0 Å². The maximum absolute atomic E-state index is 13.8. The van der Waals surface area contributed by atoms with Crippen LogP contribution in [0.4, 0.5) is 26.3 Å². The third-order valence-electron chi connectivity index (χ3n) is 4.97. The van der Waals surface area contributed by atoms with Gasteiger partial charge in [-0.2, -0.15) is 26.3 Å². The molecule has 0 heterocycles. The average molecular weight is 394 g/mol. The molecule has 0 amide bonds. The molecule has 0 unspecified atom stereocenters. The van der Waals surface area contributed by atoms with Gasteiger partial charge in [0.15, 0.2) is 5.60 Å². The van der Waals surface area contributed by atoms with Gasteiger partial charge in [-0.3, -0.25) is 4.79 Å². The zero-order valence-electron chi connectivity index (χ0n) is 15.1. The Morgan fingerprint density at radius 1 is 1.00 bits per heavy atom. The summed E-state index contributed by atoms with van der Waals surface area (Å²) in [6.45, 7) is 3.13. The highest BCUT2D eigenvalue weighted by molar-refractivity contribution is 5.76. The number of alkyl halides is 6. The number of hydrogen-bond acceptors (Lipinski definition) is 4. The van der Waals surface area contributed by atoms with Crippen LogP contribution in [0.1, 0.15) is 52.9 Å². The largest absolute Gasteiger partial charge is 0.455 e. The fourth-order valence-electron chi connectivity index (χ4n) is 3.05. The van der Waals surface area contributed by atoms with Crippen molar-refractivity contribution in [2.45, 2.75) is 76.4 Å². The van der Waals surface area contributed by atoms with E-state index in [0.29, 0.717) is 0 Å². The van der Waals surface area contributed by atoms with Gasteiger partial charge in [0.05, 0.1) is 5.41 Å². The minimum absolute atomic E-state index is 0.0457. The van der Waals surface area contributed by atoms with Gasteiger partial charge < -0.3 is 14.2 Å². The lowest BCUT2D eigenvalue weighted by atomic mass is 9.78. The molecule has 154 valence electrons. The van der Waals surface area contributed by atoms with E-state index in [4.69, 9.17) is 4.74 Å². The molecule has 0 bridgehead atoms. The Labute approximate surface area is 148 Å². The molecule has 0 radical (unpaired) electrons. The monoisotopic (exact) mass is 394 g/mol. The molecule has 0 spiro atoms. The lowest BCUT2D eigenvalue weighted by Gasteiger charge is -2.48. The summed E-state index contributed by atoms with van der Waals surface area (Å²) in [5.74, 6) is -1.12. The Hall–Kier alpha value is -1.03. The number of carbonyl (C=O) groups is 1. The molecule has 0 aromatic carbocycles. The van der Waals surface area contributed by atoms with Crippen molar-refractivity contribution < 1.29 is 45.3 Å². The van der Waals surface area contributed by atoms with Gasteiger partial charge in [0.25, 0.3) is 0 Å². The molecule has 1 rings (SSSR count). The molecular formula is C16H24F6O4. The van der Waals surface area contributed by atoms with Crippen molar-refractivity contribution in [2.75, 3.05) is 13.9 Å². The van der Waals surface area contributed by atoms with E-state index in [-0.39, 0.29) is 19.3 Å². The van der Waals surface area contributed by atoms with Gasteiger partial charge in [0.1, 0.15) is 6.79 Å². The van der Waals surface area contributed by atoms with Crippen molar-refractivity contribution in [3.05, 3.63) is 0 Å². The Kier molecular flexibility index (Phi) is 6.67. The first-order valence-corrected chi connectivity index (χ1v) is 8.20. The van der Waals surface area contributed by atoms with E-state index in [9.17, 15) is 31.1 Å². The lowest BCUT2D eigenvalue weighted by Crippen LogP contribution is -2.73. The summed E-state index contributed by atoms with van der Waals surface area (Å²) in [5, 5.41) is 0. The zero-order valence-corrected chi connectivity index (χ0v) is 15.1. The molecule has 0 N–H and O–H groups in total. The first-order chi connectivity index (χ1) is 11.7. The summed E-state index contributed by atoms with van der Waals surface area (Å²) in [6.07, 6.45) is -12.7. The zero-order chi connectivity index (χ0) is 20.4. The van der Waals surface area contributed by atoms with Gasteiger partial charge >= 0.3 is 23.9 Å². The van der Waals surface area contributed by atoms with Crippen LogP contribution in [-0.4, -0.2) is 43.4 Å². The third-order valence-corrected chi connectivity index (χ3v) is 4.97. The summed E-state index contributed by atoms with van der Waals surface area (Å²) in [7, 11) is 0.908. The van der Waals surface area contributed by atoms with Crippen LogP contribution in [0.2, 0.25) is 0 Å². The summed E-state index contributed by atoms with van der Waals surface area (Å²) in [4.78, 5) is 12.4. The van der Waals surface area contributed by atoms with Crippen LogP contribution in [0.5, 0.6) is 0 Å². The normalized spacial score (nSPS) is 18.8. The van der Waals surface area contributed by atoms with Crippen LogP contribution in [0, 0.1) is 5.41 Å². The van der Waals surface area contributed by atoms with Gasteiger partial charge in [-0.05, 0) is 46.0 Å². The van der Waals surface area contributed by atoms with Crippen molar-refractivity contribution in [1.82, 2.24) is 0 Å². The number of hydrogen-bond donors (Lipinski definition) is 0. The summed E-state index contributed by atoms with van der Waals surface area (Å²) < 4.78 is 96.6. The highest BCUT2D eigenvalue weighted by atomic mass is 19.4. The first-order valence-electron chi connectivity index (χ1n) is 8.20. The minimum Gasteiger partial charge on any atom is -0.455 e. The van der Waals surface area contributed by atoms with Gasteiger partial charge in [-0.15, -0.1) is 0 Å². The predicted molar refractivity (Wildman–Crippen MR) is 79.2 cm³/mol. The summed E-state index contributed by atoms with van der Waals surface area (Å²) in [6, 6.07) is 0. The van der Waals surface area contributed by atoms with E-state index in [1.807, 2.05) is 0 Å². The molecule has 0 aromatic rings. The van der Waals surface area contributed by atoms with Crippen molar-refractivity contribution >= 4 is 5.97 Å². The molecule has 0 aromatic heterocycles. The van der Waals surface area contributed by atoms with Crippen LogP contribution in [-0.2, 0) is 19.0 Å². The van der Waals surface area contributed by atoms with Crippen molar-refractivity contribution in [3.63, 3.8) is 0 Å². The second kappa shape index (κ2) is 7.53. The highest BCUT2D eigenvalue weighted by Gasteiger charge is 2.83. The second-order valence-electron chi connectivity index (χ2n) is 7.06. The molecule has 1 fully saturated rings. The average Bonchev–Trinajstić information content (AvgIpc) is 2.94. The van der Waals surface area contributed by atoms with Crippen LogP contribution in [0.25, 0.3) is 0 Å². The number of ether oxygens (including phenoxy) is 3. The molecule has 0 atom stereocenters. The maximum atomic E-state index is 13.8. The predicted octanol–water partition coefficient (Wildman–Crippen LogP) is 4.76. The summed E-state index contributed by atoms with van der Waals surface area (Å²) >= 11 is 0. The van der Waals surface area contributed by atoms with E-state index in [0.717, 1.165) is 7.11 Å². The quantitative estimate of drug-likeness (QED) is 0.355. The van der Waals surface area contributed by atoms with Gasteiger partial charge in [0, 0.05) is 7.11 Å². The van der Waals surface area contributed by atoms with Crippen LogP contribution < -0.4 is 0 Å². The molecule has 0 saturated heterocycles. The fraction of sp³-hybridized carbons (Fsp3) is 0.938. The van der Waals surface area contributed by atoms with Gasteiger partial charge in [0.2, 0.25) is 0 Å². The number of rotatable bonds is 7.